The smallest absolute Gasteiger partial charge is 0.356 e. The van der Waals surface area contributed by atoms with E-state index in [1.165, 1.54) is 10.6 Å². The Morgan fingerprint density at radius 1 is 1.29 bits per heavy atom. The van der Waals surface area contributed by atoms with Crippen LogP contribution in [0.4, 0.5) is 0 Å². The van der Waals surface area contributed by atoms with Crippen LogP contribution in [0.25, 0.3) is 16.9 Å². The fraction of sp³-hybridized carbons (Fsp3) is 0.133. The predicted molar refractivity (Wildman–Crippen MR) is 76.6 cm³/mol. The van der Waals surface area contributed by atoms with Gasteiger partial charge in [-0.3, -0.25) is 0 Å². The molecule has 1 N–H and O–H groups in total. The number of carbonyl (C=O) groups is 1. The second kappa shape index (κ2) is 5.24. The van der Waals surface area contributed by atoms with Crippen LogP contribution in [0.15, 0.2) is 42.6 Å². The monoisotopic (exact) mass is 283 g/mol. The number of nitrogens with zero attached hydrogens (tertiary/aromatic N) is 3. The molecule has 2 heterocycles. The van der Waals surface area contributed by atoms with Crippen LogP contribution < -0.4 is 4.74 Å². The molecule has 106 valence electrons. The van der Waals surface area contributed by atoms with E-state index in [0.29, 0.717) is 12.3 Å². The average Bonchev–Trinajstić information content (AvgIpc) is 2.93. The molecule has 1 aromatic carbocycles. The summed E-state index contributed by atoms with van der Waals surface area (Å²) in [6.45, 7) is 2.54. The maximum Gasteiger partial charge on any atom is 0.356 e. The summed E-state index contributed by atoms with van der Waals surface area (Å²) in [5.41, 5.74) is 2.15. The van der Waals surface area contributed by atoms with Crippen LogP contribution in [0.5, 0.6) is 5.75 Å². The standard InChI is InChI=1S/C15H13N3O3/c1-2-21-11-5-3-10(4-6-11)13-7-8-16-14-9-12(15(19)20)17-18(13)14/h3-9H,2H2,1H3,(H,19,20). The van der Waals surface area contributed by atoms with Gasteiger partial charge in [-0.15, -0.1) is 0 Å². The molecule has 0 fully saturated rings. The maximum atomic E-state index is 11.0. The molecule has 0 aliphatic carbocycles. The van der Waals surface area contributed by atoms with Crippen molar-refractivity contribution < 1.29 is 14.6 Å². The van der Waals surface area contributed by atoms with E-state index in [1.54, 1.807) is 12.3 Å². The number of hydrogen-bond acceptors (Lipinski definition) is 4. The minimum absolute atomic E-state index is 0.0270. The molecule has 0 aliphatic rings. The number of hydrogen-bond donors (Lipinski definition) is 1. The van der Waals surface area contributed by atoms with Crippen molar-refractivity contribution in [3.63, 3.8) is 0 Å². The molecule has 0 aliphatic heterocycles. The lowest BCUT2D eigenvalue weighted by atomic mass is 10.1. The molecule has 0 spiro atoms. The van der Waals surface area contributed by atoms with Crippen molar-refractivity contribution in [3.8, 4) is 17.0 Å². The van der Waals surface area contributed by atoms with Gasteiger partial charge in [-0.2, -0.15) is 5.10 Å². The van der Waals surface area contributed by atoms with Crippen molar-refractivity contribution in [3.05, 3.63) is 48.3 Å². The highest BCUT2D eigenvalue weighted by Gasteiger charge is 2.12. The molecule has 0 atom stereocenters. The topological polar surface area (TPSA) is 76.7 Å². The van der Waals surface area contributed by atoms with E-state index >= 15 is 0 Å². The number of fused-ring (bicyclic) bond motifs is 1. The lowest BCUT2D eigenvalue weighted by Crippen LogP contribution is -1.99. The van der Waals surface area contributed by atoms with Crippen molar-refractivity contribution in [1.82, 2.24) is 14.6 Å². The van der Waals surface area contributed by atoms with Gasteiger partial charge in [0.15, 0.2) is 11.3 Å². The zero-order valence-electron chi connectivity index (χ0n) is 11.4. The molecule has 6 nitrogen and oxygen atoms in total. The predicted octanol–water partition coefficient (Wildman–Crippen LogP) is 2.49. The largest absolute Gasteiger partial charge is 0.494 e. The second-order valence-corrected chi connectivity index (χ2v) is 4.39. The van der Waals surface area contributed by atoms with E-state index in [-0.39, 0.29) is 5.69 Å². The van der Waals surface area contributed by atoms with Crippen molar-refractivity contribution in [2.45, 2.75) is 6.92 Å². The highest BCUT2D eigenvalue weighted by atomic mass is 16.5. The first-order chi connectivity index (χ1) is 10.2. The highest BCUT2D eigenvalue weighted by Crippen LogP contribution is 2.23. The van der Waals surface area contributed by atoms with Crippen molar-refractivity contribution in [2.24, 2.45) is 0 Å². The molecule has 0 radical (unpaired) electrons. The molecule has 6 heteroatoms. The Morgan fingerprint density at radius 2 is 2.05 bits per heavy atom. The van der Waals surface area contributed by atoms with Gasteiger partial charge in [0.05, 0.1) is 12.3 Å². The summed E-state index contributed by atoms with van der Waals surface area (Å²) in [5, 5.41) is 13.1. The first-order valence-corrected chi connectivity index (χ1v) is 6.50. The quantitative estimate of drug-likeness (QED) is 0.796. The summed E-state index contributed by atoms with van der Waals surface area (Å²) in [7, 11) is 0. The van der Waals surface area contributed by atoms with Crippen LogP contribution in [0, 0.1) is 0 Å². The van der Waals surface area contributed by atoms with E-state index in [1.807, 2.05) is 31.2 Å². The summed E-state index contributed by atoms with van der Waals surface area (Å²) in [6, 6.07) is 10.8. The number of ether oxygens (including phenoxy) is 1. The van der Waals surface area contributed by atoms with E-state index < -0.39 is 5.97 Å². The van der Waals surface area contributed by atoms with Crippen LogP contribution in [-0.2, 0) is 0 Å². The number of carboxylic acid groups (broad SMARTS) is 1. The normalized spacial score (nSPS) is 10.7. The third-order valence-electron chi connectivity index (χ3n) is 3.04. The van der Waals surface area contributed by atoms with Gasteiger partial charge in [0.2, 0.25) is 0 Å². The van der Waals surface area contributed by atoms with Gasteiger partial charge < -0.3 is 9.84 Å². The number of benzene rings is 1. The van der Waals surface area contributed by atoms with Gasteiger partial charge in [-0.05, 0) is 37.3 Å². The van der Waals surface area contributed by atoms with Gasteiger partial charge in [0, 0.05) is 17.8 Å². The Kier molecular flexibility index (Phi) is 3.27. The Balaban J connectivity index is 2.08. The van der Waals surface area contributed by atoms with Gasteiger partial charge in [0.25, 0.3) is 0 Å². The number of aromatic carboxylic acids is 1. The Labute approximate surface area is 120 Å². The van der Waals surface area contributed by atoms with E-state index in [2.05, 4.69) is 10.1 Å². The number of rotatable bonds is 4. The van der Waals surface area contributed by atoms with Crippen LogP contribution in [0.3, 0.4) is 0 Å². The zero-order valence-corrected chi connectivity index (χ0v) is 11.4. The third-order valence-corrected chi connectivity index (χ3v) is 3.04. The Bertz CT molecular complexity index is 794. The summed E-state index contributed by atoms with van der Waals surface area (Å²) in [5.74, 6) is -0.281. The van der Waals surface area contributed by atoms with Gasteiger partial charge >= 0.3 is 5.97 Å². The summed E-state index contributed by atoms with van der Waals surface area (Å²) >= 11 is 0. The summed E-state index contributed by atoms with van der Waals surface area (Å²) < 4.78 is 6.93. The molecule has 3 rings (SSSR count). The lowest BCUT2D eigenvalue weighted by molar-refractivity contribution is 0.0690. The number of carboxylic acids is 1. The first kappa shape index (κ1) is 13.1. The highest BCUT2D eigenvalue weighted by molar-refractivity contribution is 5.86. The van der Waals surface area contributed by atoms with Crippen LogP contribution in [0.2, 0.25) is 0 Å². The summed E-state index contributed by atoms with van der Waals surface area (Å²) in [6.07, 6.45) is 1.63. The molecule has 0 amide bonds. The van der Waals surface area contributed by atoms with Crippen LogP contribution in [0.1, 0.15) is 17.4 Å². The average molecular weight is 283 g/mol. The van der Waals surface area contributed by atoms with Crippen molar-refractivity contribution >= 4 is 11.6 Å². The SMILES string of the molecule is CCOc1ccc(-c2ccnc3cc(C(=O)O)nn23)cc1. The fourth-order valence-corrected chi connectivity index (χ4v) is 2.11. The van der Waals surface area contributed by atoms with Crippen LogP contribution in [-0.4, -0.2) is 32.3 Å². The fourth-order valence-electron chi connectivity index (χ4n) is 2.11. The molecule has 0 saturated carbocycles. The molecule has 3 aromatic rings. The molecule has 21 heavy (non-hydrogen) atoms. The Hall–Kier alpha value is -2.89. The van der Waals surface area contributed by atoms with E-state index in [0.717, 1.165) is 17.0 Å². The third kappa shape index (κ3) is 2.43. The molecule has 0 bridgehead atoms. The van der Waals surface area contributed by atoms with Crippen LogP contribution >= 0.6 is 0 Å². The lowest BCUT2D eigenvalue weighted by Gasteiger charge is -2.06. The van der Waals surface area contributed by atoms with Gasteiger partial charge in [-0.25, -0.2) is 14.3 Å². The summed E-state index contributed by atoms with van der Waals surface area (Å²) in [4.78, 5) is 15.1. The van der Waals surface area contributed by atoms with E-state index in [4.69, 9.17) is 9.84 Å². The Morgan fingerprint density at radius 3 is 2.71 bits per heavy atom. The van der Waals surface area contributed by atoms with Gasteiger partial charge in [0.1, 0.15) is 5.75 Å². The number of aromatic nitrogens is 3. The maximum absolute atomic E-state index is 11.0. The minimum atomic E-state index is -1.07. The van der Waals surface area contributed by atoms with Crippen molar-refractivity contribution in [1.29, 1.82) is 0 Å². The molecule has 0 unspecified atom stereocenters. The second-order valence-electron chi connectivity index (χ2n) is 4.39. The zero-order chi connectivity index (χ0) is 14.8. The van der Waals surface area contributed by atoms with E-state index in [9.17, 15) is 4.79 Å². The molecular formula is C15H13N3O3. The molecular weight excluding hydrogens is 270 g/mol. The molecule has 2 aromatic heterocycles. The molecule has 0 saturated heterocycles. The first-order valence-electron chi connectivity index (χ1n) is 6.50. The van der Waals surface area contributed by atoms with Crippen molar-refractivity contribution in [2.75, 3.05) is 6.61 Å². The van der Waals surface area contributed by atoms with Gasteiger partial charge in [-0.1, -0.05) is 0 Å². The minimum Gasteiger partial charge on any atom is -0.494 e.